The highest BCUT2D eigenvalue weighted by molar-refractivity contribution is 5.81. The summed E-state index contributed by atoms with van der Waals surface area (Å²) in [5, 5.41) is 6.01. The first kappa shape index (κ1) is 11.7. The van der Waals surface area contributed by atoms with Gasteiger partial charge in [-0.3, -0.25) is 9.58 Å². The van der Waals surface area contributed by atoms with Gasteiger partial charge in [0.05, 0.1) is 11.2 Å². The van der Waals surface area contributed by atoms with E-state index >= 15 is 0 Å². The number of nitrogens with zero attached hydrogens (tertiary/aromatic N) is 3. The van der Waals surface area contributed by atoms with Crippen molar-refractivity contribution in [3.63, 3.8) is 0 Å². The Balaban J connectivity index is 1.92. The lowest BCUT2D eigenvalue weighted by atomic mass is 10.2. The van der Waals surface area contributed by atoms with Gasteiger partial charge in [0.15, 0.2) is 0 Å². The zero-order chi connectivity index (χ0) is 12.5. The summed E-state index contributed by atoms with van der Waals surface area (Å²) in [6.07, 6.45) is 1.10. The molecule has 2 N–H and O–H groups in total. The van der Waals surface area contributed by atoms with Crippen LogP contribution < -0.4 is 5.73 Å². The minimum Gasteiger partial charge on any atom is -0.326 e. The first-order valence-electron chi connectivity index (χ1n) is 6.70. The van der Waals surface area contributed by atoms with Crippen LogP contribution in [0.15, 0.2) is 24.3 Å². The second-order valence-electron chi connectivity index (χ2n) is 5.06. The number of rotatable bonds is 3. The molecule has 0 spiro atoms. The molecule has 0 amide bonds. The van der Waals surface area contributed by atoms with E-state index < -0.39 is 0 Å². The highest BCUT2D eigenvalue weighted by Crippen LogP contribution is 2.21. The van der Waals surface area contributed by atoms with Crippen molar-refractivity contribution >= 4 is 10.9 Å². The fraction of sp³-hybridized carbons (Fsp3) is 0.500. The molecule has 96 valence electrons. The third-order valence-electron chi connectivity index (χ3n) is 3.72. The summed E-state index contributed by atoms with van der Waals surface area (Å²) in [5.41, 5.74) is 8.37. The summed E-state index contributed by atoms with van der Waals surface area (Å²) in [6.45, 7) is 6.05. The molecule has 0 radical (unpaired) electrons. The maximum Gasteiger partial charge on any atom is 0.0843 e. The van der Waals surface area contributed by atoms with E-state index in [2.05, 4.69) is 40.8 Å². The predicted molar refractivity (Wildman–Crippen MR) is 73.3 cm³/mol. The van der Waals surface area contributed by atoms with Gasteiger partial charge in [-0.2, -0.15) is 5.10 Å². The quantitative estimate of drug-likeness (QED) is 0.892. The van der Waals surface area contributed by atoms with Gasteiger partial charge in [-0.15, -0.1) is 0 Å². The zero-order valence-corrected chi connectivity index (χ0v) is 10.8. The number of nitrogens with two attached hydrogens (primary N) is 1. The number of hydrogen-bond acceptors (Lipinski definition) is 3. The van der Waals surface area contributed by atoms with E-state index in [0.29, 0.717) is 6.04 Å². The molecule has 4 nitrogen and oxygen atoms in total. The van der Waals surface area contributed by atoms with Crippen LogP contribution in [0.4, 0.5) is 0 Å². The lowest BCUT2D eigenvalue weighted by molar-refractivity contribution is 0.322. The molecular formula is C14H20N4. The van der Waals surface area contributed by atoms with Crippen LogP contribution in [0.5, 0.6) is 0 Å². The second kappa shape index (κ2) is 4.71. The lowest BCUT2D eigenvalue weighted by Crippen LogP contribution is -2.26. The van der Waals surface area contributed by atoms with Crippen LogP contribution in [0.3, 0.4) is 0 Å². The van der Waals surface area contributed by atoms with Crippen LogP contribution in [0.25, 0.3) is 10.9 Å². The van der Waals surface area contributed by atoms with Crippen molar-refractivity contribution in [3.8, 4) is 0 Å². The van der Waals surface area contributed by atoms with Gasteiger partial charge in [-0.05, 0) is 19.4 Å². The number of hydrogen-bond donors (Lipinski definition) is 1. The number of para-hydroxylation sites is 1. The summed E-state index contributed by atoms with van der Waals surface area (Å²) in [6, 6.07) is 8.81. The molecule has 0 saturated carbocycles. The van der Waals surface area contributed by atoms with E-state index in [1.807, 2.05) is 0 Å². The Hall–Kier alpha value is -1.39. The molecule has 18 heavy (non-hydrogen) atoms. The molecule has 2 heterocycles. The molecule has 4 heteroatoms. The van der Waals surface area contributed by atoms with Crippen molar-refractivity contribution in [2.75, 3.05) is 13.1 Å². The van der Waals surface area contributed by atoms with Gasteiger partial charge in [0.2, 0.25) is 0 Å². The lowest BCUT2D eigenvalue weighted by Gasteiger charge is -2.13. The smallest absolute Gasteiger partial charge is 0.0843 e. The van der Waals surface area contributed by atoms with Crippen molar-refractivity contribution in [2.45, 2.75) is 32.5 Å². The molecule has 1 unspecified atom stereocenters. The maximum atomic E-state index is 5.96. The Labute approximate surface area is 107 Å². The largest absolute Gasteiger partial charge is 0.326 e. The van der Waals surface area contributed by atoms with Crippen molar-refractivity contribution in [2.24, 2.45) is 5.73 Å². The Morgan fingerprint density at radius 2 is 2.22 bits per heavy atom. The average molecular weight is 244 g/mol. The first-order chi connectivity index (χ1) is 8.78. The molecule has 1 aromatic carbocycles. The summed E-state index contributed by atoms with van der Waals surface area (Å²) in [7, 11) is 0. The van der Waals surface area contributed by atoms with Crippen LogP contribution in [0, 0.1) is 0 Å². The van der Waals surface area contributed by atoms with E-state index in [0.717, 1.165) is 32.6 Å². The molecule has 1 saturated heterocycles. The van der Waals surface area contributed by atoms with Gasteiger partial charge in [-0.25, -0.2) is 0 Å². The normalized spacial score (nSPS) is 20.9. The topological polar surface area (TPSA) is 47.1 Å². The van der Waals surface area contributed by atoms with Gasteiger partial charge in [0.25, 0.3) is 0 Å². The maximum absolute atomic E-state index is 5.96. The molecule has 1 aliphatic heterocycles. The zero-order valence-electron chi connectivity index (χ0n) is 10.8. The first-order valence-corrected chi connectivity index (χ1v) is 6.70. The van der Waals surface area contributed by atoms with E-state index in [9.17, 15) is 0 Å². The molecule has 3 rings (SSSR count). The molecule has 0 aliphatic carbocycles. The van der Waals surface area contributed by atoms with E-state index in [4.69, 9.17) is 10.8 Å². The van der Waals surface area contributed by atoms with Crippen LogP contribution in [-0.4, -0.2) is 33.8 Å². The number of benzene rings is 1. The van der Waals surface area contributed by atoms with Crippen LogP contribution in [-0.2, 0) is 13.1 Å². The predicted octanol–water partition coefficient (Wildman–Crippen LogP) is 1.59. The van der Waals surface area contributed by atoms with Crippen LogP contribution >= 0.6 is 0 Å². The van der Waals surface area contributed by atoms with E-state index in [1.165, 1.54) is 16.6 Å². The molecule has 0 bridgehead atoms. The van der Waals surface area contributed by atoms with Crippen molar-refractivity contribution in [1.82, 2.24) is 14.7 Å². The SMILES string of the molecule is CCn1nc(CN2CCC(N)C2)c2ccccc21. The highest BCUT2D eigenvalue weighted by Gasteiger charge is 2.21. The summed E-state index contributed by atoms with van der Waals surface area (Å²) >= 11 is 0. The van der Waals surface area contributed by atoms with E-state index in [1.54, 1.807) is 0 Å². The van der Waals surface area contributed by atoms with Gasteiger partial charge in [0.1, 0.15) is 0 Å². The van der Waals surface area contributed by atoms with Crippen LogP contribution in [0.2, 0.25) is 0 Å². The number of aryl methyl sites for hydroxylation is 1. The number of likely N-dealkylation sites (tertiary alicyclic amines) is 1. The molecule has 2 aromatic rings. The second-order valence-corrected chi connectivity index (χ2v) is 5.06. The minimum absolute atomic E-state index is 0.338. The van der Waals surface area contributed by atoms with Gasteiger partial charge < -0.3 is 5.73 Å². The molecule has 1 aromatic heterocycles. The summed E-state index contributed by atoms with van der Waals surface area (Å²) in [5.74, 6) is 0. The highest BCUT2D eigenvalue weighted by atomic mass is 15.3. The molecular weight excluding hydrogens is 224 g/mol. The monoisotopic (exact) mass is 244 g/mol. The standard InChI is InChI=1S/C14H20N4/c1-2-18-14-6-4-3-5-12(14)13(16-18)10-17-8-7-11(15)9-17/h3-6,11H,2,7-10,15H2,1H3. The summed E-state index contributed by atoms with van der Waals surface area (Å²) < 4.78 is 2.08. The fourth-order valence-corrected chi connectivity index (χ4v) is 2.77. The van der Waals surface area contributed by atoms with Crippen molar-refractivity contribution in [3.05, 3.63) is 30.0 Å². The molecule has 1 fully saturated rings. The molecule has 1 atom stereocenters. The van der Waals surface area contributed by atoms with Gasteiger partial charge in [0, 0.05) is 37.6 Å². The minimum atomic E-state index is 0.338. The third kappa shape index (κ3) is 2.02. The Kier molecular flexibility index (Phi) is 3.06. The number of fused-ring (bicyclic) bond motifs is 1. The third-order valence-corrected chi connectivity index (χ3v) is 3.72. The summed E-state index contributed by atoms with van der Waals surface area (Å²) in [4.78, 5) is 2.40. The molecule has 1 aliphatic rings. The van der Waals surface area contributed by atoms with Gasteiger partial charge >= 0.3 is 0 Å². The number of aromatic nitrogens is 2. The van der Waals surface area contributed by atoms with Crippen molar-refractivity contribution in [1.29, 1.82) is 0 Å². The Morgan fingerprint density at radius 1 is 1.39 bits per heavy atom. The fourth-order valence-electron chi connectivity index (χ4n) is 2.77. The Morgan fingerprint density at radius 3 is 2.94 bits per heavy atom. The van der Waals surface area contributed by atoms with Crippen LogP contribution in [0.1, 0.15) is 19.0 Å². The van der Waals surface area contributed by atoms with E-state index in [-0.39, 0.29) is 0 Å². The van der Waals surface area contributed by atoms with Crippen molar-refractivity contribution < 1.29 is 0 Å². The Bertz CT molecular complexity index is 546. The average Bonchev–Trinajstić information content (AvgIpc) is 2.95. The van der Waals surface area contributed by atoms with Gasteiger partial charge in [-0.1, -0.05) is 18.2 Å².